The van der Waals surface area contributed by atoms with Gasteiger partial charge in [-0.2, -0.15) is 0 Å². The number of nitrogens with zero attached hydrogens (tertiary/aromatic N) is 1. The van der Waals surface area contributed by atoms with Crippen LogP contribution in [-0.4, -0.2) is 42.1 Å². The van der Waals surface area contributed by atoms with Crippen LogP contribution >= 0.6 is 0 Å². The van der Waals surface area contributed by atoms with Gasteiger partial charge in [-0.05, 0) is 37.5 Å². The first-order chi connectivity index (χ1) is 10.1. The maximum absolute atomic E-state index is 12.9. The largest absolute Gasteiger partial charge is 0.363 e. The predicted octanol–water partition coefficient (Wildman–Crippen LogP) is 1.70. The summed E-state index contributed by atoms with van der Waals surface area (Å²) >= 11 is 0. The fourth-order valence-electron chi connectivity index (χ4n) is 3.26. The summed E-state index contributed by atoms with van der Waals surface area (Å²) in [4.78, 5) is 13.7. The lowest BCUT2D eigenvalue weighted by Gasteiger charge is -2.47. The maximum Gasteiger partial charge on any atom is 0.246 e. The van der Waals surface area contributed by atoms with Crippen LogP contribution in [0.25, 0.3) is 0 Å². The van der Waals surface area contributed by atoms with Crippen molar-refractivity contribution in [1.29, 1.82) is 0 Å². The third-order valence-corrected chi connectivity index (χ3v) is 4.68. The number of benzene rings is 1. The molecule has 0 saturated carbocycles. The van der Waals surface area contributed by atoms with Crippen molar-refractivity contribution in [3.8, 4) is 0 Å². The molecule has 1 aromatic rings. The van der Waals surface area contributed by atoms with Crippen molar-refractivity contribution in [2.75, 3.05) is 19.7 Å². The Hall–Kier alpha value is -1.46. The molecular formula is C16H21FN2O2. The topological polar surface area (TPSA) is 41.6 Å². The molecule has 1 amide bonds. The van der Waals surface area contributed by atoms with E-state index >= 15 is 0 Å². The minimum absolute atomic E-state index is 0.0260. The van der Waals surface area contributed by atoms with Gasteiger partial charge in [0.1, 0.15) is 12.4 Å². The van der Waals surface area contributed by atoms with E-state index in [-0.39, 0.29) is 30.0 Å². The Bertz CT molecular complexity index is 510. The van der Waals surface area contributed by atoms with Gasteiger partial charge in [0.2, 0.25) is 5.91 Å². The summed E-state index contributed by atoms with van der Waals surface area (Å²) in [6, 6.07) is 6.73. The summed E-state index contributed by atoms with van der Waals surface area (Å²) in [5, 5.41) is 2.99. The number of halogens is 1. The molecule has 3 rings (SSSR count). The van der Waals surface area contributed by atoms with E-state index in [1.54, 1.807) is 0 Å². The number of hydrogen-bond donors (Lipinski definition) is 1. The Morgan fingerprint density at radius 2 is 2.00 bits per heavy atom. The van der Waals surface area contributed by atoms with Crippen molar-refractivity contribution >= 4 is 5.91 Å². The van der Waals surface area contributed by atoms with Crippen LogP contribution in [0.1, 0.15) is 25.3 Å². The zero-order chi connectivity index (χ0) is 14.9. The Balaban J connectivity index is 1.57. The number of nitrogens with one attached hydrogen (secondary N) is 1. The minimum atomic E-state index is -0.215. The second-order valence-corrected chi connectivity index (χ2v) is 6.05. The monoisotopic (exact) mass is 292 g/mol. The van der Waals surface area contributed by atoms with Gasteiger partial charge in [-0.15, -0.1) is 0 Å². The molecule has 114 valence electrons. The van der Waals surface area contributed by atoms with Gasteiger partial charge in [0, 0.05) is 19.6 Å². The number of rotatable bonds is 2. The van der Waals surface area contributed by atoms with Crippen molar-refractivity contribution < 1.29 is 13.9 Å². The molecule has 0 bridgehead atoms. The van der Waals surface area contributed by atoms with Gasteiger partial charge in [-0.3, -0.25) is 9.69 Å². The van der Waals surface area contributed by atoms with Crippen molar-refractivity contribution in [3.05, 3.63) is 35.6 Å². The Kier molecular flexibility index (Phi) is 3.95. The van der Waals surface area contributed by atoms with Crippen LogP contribution in [-0.2, 0) is 16.1 Å². The number of hydrogen-bond acceptors (Lipinski definition) is 3. The summed E-state index contributed by atoms with van der Waals surface area (Å²) in [5.41, 5.74) is 0.908. The second kappa shape index (κ2) is 5.73. The van der Waals surface area contributed by atoms with Crippen molar-refractivity contribution in [3.63, 3.8) is 0 Å². The van der Waals surface area contributed by atoms with Crippen LogP contribution in [0, 0.1) is 5.82 Å². The molecule has 0 unspecified atom stereocenters. The molecule has 4 nitrogen and oxygen atoms in total. The molecular weight excluding hydrogens is 271 g/mol. The average molecular weight is 292 g/mol. The zero-order valence-electron chi connectivity index (χ0n) is 12.3. The summed E-state index contributed by atoms with van der Waals surface area (Å²) in [5.74, 6) is -0.224. The number of carbonyl (C=O) groups excluding carboxylic acids is 1. The first kappa shape index (κ1) is 14.5. The zero-order valence-corrected chi connectivity index (χ0v) is 12.3. The third-order valence-electron chi connectivity index (χ3n) is 4.68. The van der Waals surface area contributed by atoms with Crippen LogP contribution in [0.2, 0.25) is 0 Å². The van der Waals surface area contributed by atoms with Crippen molar-refractivity contribution in [1.82, 2.24) is 10.2 Å². The molecule has 1 spiro atoms. The quantitative estimate of drug-likeness (QED) is 0.902. The SMILES string of the molecule is C[C@H]1NC(=O)COC12CCN(Cc1ccc(F)cc1)CC2. The number of piperidine rings is 1. The lowest BCUT2D eigenvalue weighted by molar-refractivity contribution is -0.159. The number of amides is 1. The molecule has 0 aromatic heterocycles. The minimum Gasteiger partial charge on any atom is -0.363 e. The van der Waals surface area contributed by atoms with Gasteiger partial charge >= 0.3 is 0 Å². The normalized spacial score (nSPS) is 25.8. The van der Waals surface area contributed by atoms with E-state index in [0.717, 1.165) is 38.0 Å². The molecule has 0 radical (unpaired) electrons. The highest BCUT2D eigenvalue weighted by atomic mass is 19.1. The molecule has 2 heterocycles. The van der Waals surface area contributed by atoms with Crippen LogP contribution in [0.3, 0.4) is 0 Å². The van der Waals surface area contributed by atoms with E-state index in [1.807, 2.05) is 19.1 Å². The van der Waals surface area contributed by atoms with Crippen LogP contribution in [0.15, 0.2) is 24.3 Å². The number of carbonyl (C=O) groups is 1. The Morgan fingerprint density at radius 3 is 2.62 bits per heavy atom. The standard InChI is InChI=1S/C16H21FN2O2/c1-12-16(21-11-15(20)18-12)6-8-19(9-7-16)10-13-2-4-14(17)5-3-13/h2-5,12H,6-11H2,1H3,(H,18,20)/t12-/m1/s1. The fourth-order valence-corrected chi connectivity index (χ4v) is 3.26. The van der Waals surface area contributed by atoms with E-state index in [1.165, 1.54) is 12.1 Å². The molecule has 2 fully saturated rings. The van der Waals surface area contributed by atoms with E-state index < -0.39 is 0 Å². The molecule has 1 aromatic carbocycles. The predicted molar refractivity (Wildman–Crippen MR) is 77.2 cm³/mol. The smallest absolute Gasteiger partial charge is 0.246 e. The highest BCUT2D eigenvalue weighted by Crippen LogP contribution is 2.32. The van der Waals surface area contributed by atoms with Gasteiger partial charge in [0.15, 0.2) is 0 Å². The molecule has 0 aliphatic carbocycles. The Morgan fingerprint density at radius 1 is 1.33 bits per heavy atom. The van der Waals surface area contributed by atoms with Gasteiger partial charge in [0.25, 0.3) is 0 Å². The average Bonchev–Trinajstić information content (AvgIpc) is 2.48. The van der Waals surface area contributed by atoms with E-state index in [9.17, 15) is 9.18 Å². The van der Waals surface area contributed by atoms with Crippen LogP contribution in [0.5, 0.6) is 0 Å². The first-order valence-corrected chi connectivity index (χ1v) is 7.47. The second-order valence-electron chi connectivity index (χ2n) is 6.05. The highest BCUT2D eigenvalue weighted by molar-refractivity contribution is 5.78. The molecule has 2 aliphatic heterocycles. The van der Waals surface area contributed by atoms with E-state index in [2.05, 4.69) is 10.2 Å². The van der Waals surface area contributed by atoms with E-state index in [4.69, 9.17) is 4.74 Å². The van der Waals surface area contributed by atoms with Crippen LogP contribution < -0.4 is 5.32 Å². The van der Waals surface area contributed by atoms with Gasteiger partial charge < -0.3 is 10.1 Å². The molecule has 5 heteroatoms. The summed E-state index contributed by atoms with van der Waals surface area (Å²) < 4.78 is 18.8. The van der Waals surface area contributed by atoms with Crippen molar-refractivity contribution in [2.24, 2.45) is 0 Å². The number of morpholine rings is 1. The van der Waals surface area contributed by atoms with Gasteiger partial charge in [0.05, 0.1) is 11.6 Å². The summed E-state index contributed by atoms with van der Waals surface area (Å²) in [6.45, 7) is 4.88. The summed E-state index contributed by atoms with van der Waals surface area (Å²) in [7, 11) is 0. The highest BCUT2D eigenvalue weighted by Gasteiger charge is 2.44. The fraction of sp³-hybridized carbons (Fsp3) is 0.562. The number of likely N-dealkylation sites (tertiary alicyclic amines) is 1. The third kappa shape index (κ3) is 3.09. The lowest BCUT2D eigenvalue weighted by atomic mass is 9.83. The maximum atomic E-state index is 12.9. The summed E-state index contributed by atoms with van der Waals surface area (Å²) in [6.07, 6.45) is 1.82. The molecule has 2 aliphatic rings. The first-order valence-electron chi connectivity index (χ1n) is 7.47. The lowest BCUT2D eigenvalue weighted by Crippen LogP contribution is -2.62. The molecule has 1 N–H and O–H groups in total. The van der Waals surface area contributed by atoms with Gasteiger partial charge in [-0.25, -0.2) is 4.39 Å². The van der Waals surface area contributed by atoms with Crippen LogP contribution in [0.4, 0.5) is 4.39 Å². The van der Waals surface area contributed by atoms with Gasteiger partial charge in [-0.1, -0.05) is 12.1 Å². The molecule has 2 saturated heterocycles. The molecule has 21 heavy (non-hydrogen) atoms. The van der Waals surface area contributed by atoms with E-state index in [0.29, 0.717) is 0 Å². The Labute approximate surface area is 124 Å². The van der Waals surface area contributed by atoms with Crippen molar-refractivity contribution in [2.45, 2.75) is 38.0 Å². The molecule has 1 atom stereocenters. The number of ether oxygens (including phenoxy) is 1.